The minimum atomic E-state index is -4.19. The fourth-order valence-electron chi connectivity index (χ4n) is 5.31. The molecule has 4 rings (SSSR count). The summed E-state index contributed by atoms with van der Waals surface area (Å²) in [6, 6.07) is 3.60. The normalized spacial score (nSPS) is 22.5. The van der Waals surface area contributed by atoms with Gasteiger partial charge < -0.3 is 9.64 Å². The Morgan fingerprint density at radius 1 is 1.13 bits per heavy atom. The second kappa shape index (κ2) is 12.5. The Bertz CT molecular complexity index is 1070. The van der Waals surface area contributed by atoms with Crippen LogP contribution in [-0.4, -0.2) is 63.7 Å². The zero-order valence-electron chi connectivity index (χ0n) is 21.9. The summed E-state index contributed by atoms with van der Waals surface area (Å²) in [5.41, 5.74) is 1.19. The zero-order chi connectivity index (χ0) is 27.2. The van der Waals surface area contributed by atoms with Crippen LogP contribution >= 0.6 is 0 Å². The third-order valence-electron chi connectivity index (χ3n) is 7.70. The molecule has 0 bridgehead atoms. The molecule has 2 aliphatic rings. The molecule has 38 heavy (non-hydrogen) atoms. The molecule has 0 spiro atoms. The van der Waals surface area contributed by atoms with Gasteiger partial charge in [-0.25, -0.2) is 14.4 Å². The maximum absolute atomic E-state index is 15.6. The maximum atomic E-state index is 15.6. The number of rotatable bonds is 10. The number of aromatic nitrogens is 3. The first-order valence-corrected chi connectivity index (χ1v) is 13.5. The van der Waals surface area contributed by atoms with Gasteiger partial charge in [-0.2, -0.15) is 13.2 Å². The van der Waals surface area contributed by atoms with E-state index in [1.807, 2.05) is 6.07 Å². The number of ketones is 1. The SMILES string of the molecule is Cc1ncc(OCC(=O)CC2CCC(F)(CCN3CCc4ccc(CCC(F)(F)F)nc4CC3)CC2)cn1. The summed E-state index contributed by atoms with van der Waals surface area (Å²) in [4.78, 5) is 27.2. The topological polar surface area (TPSA) is 68.2 Å². The van der Waals surface area contributed by atoms with Crippen molar-refractivity contribution in [2.75, 3.05) is 26.2 Å². The van der Waals surface area contributed by atoms with E-state index in [1.165, 1.54) is 0 Å². The van der Waals surface area contributed by atoms with Crippen molar-refractivity contribution in [1.82, 2.24) is 19.9 Å². The molecule has 0 unspecified atom stereocenters. The lowest BCUT2D eigenvalue weighted by molar-refractivity contribution is -0.134. The monoisotopic (exact) mass is 536 g/mol. The van der Waals surface area contributed by atoms with Gasteiger partial charge in [0.25, 0.3) is 0 Å². The van der Waals surface area contributed by atoms with E-state index in [0.29, 0.717) is 68.8 Å². The van der Waals surface area contributed by atoms with E-state index < -0.39 is 18.3 Å². The molecule has 2 aromatic rings. The third-order valence-corrected chi connectivity index (χ3v) is 7.70. The van der Waals surface area contributed by atoms with E-state index >= 15 is 4.39 Å². The van der Waals surface area contributed by atoms with E-state index in [9.17, 15) is 18.0 Å². The molecule has 0 atom stereocenters. The van der Waals surface area contributed by atoms with Crippen LogP contribution in [0.25, 0.3) is 0 Å². The van der Waals surface area contributed by atoms with Crippen molar-refractivity contribution in [2.24, 2.45) is 5.92 Å². The van der Waals surface area contributed by atoms with Crippen molar-refractivity contribution >= 4 is 5.78 Å². The van der Waals surface area contributed by atoms with Gasteiger partial charge in [0, 0.05) is 50.3 Å². The molecule has 3 heterocycles. The summed E-state index contributed by atoms with van der Waals surface area (Å²) in [5, 5.41) is 0. The van der Waals surface area contributed by atoms with Gasteiger partial charge in [-0.05, 0) is 69.4 Å². The second-order valence-electron chi connectivity index (χ2n) is 10.7. The number of carbonyl (C=O) groups excluding carboxylic acids is 1. The van der Waals surface area contributed by atoms with E-state index in [2.05, 4.69) is 19.9 Å². The quantitative estimate of drug-likeness (QED) is 0.379. The Morgan fingerprint density at radius 2 is 1.84 bits per heavy atom. The average Bonchev–Trinajstić information content (AvgIpc) is 3.09. The predicted octanol–water partition coefficient (Wildman–Crippen LogP) is 5.40. The molecule has 0 amide bonds. The van der Waals surface area contributed by atoms with Crippen molar-refractivity contribution in [1.29, 1.82) is 0 Å². The summed E-state index contributed by atoms with van der Waals surface area (Å²) in [5.74, 6) is 1.27. The van der Waals surface area contributed by atoms with E-state index in [-0.39, 0.29) is 24.7 Å². The Hall–Kier alpha value is -2.62. The molecule has 0 radical (unpaired) electrons. The first-order chi connectivity index (χ1) is 18.1. The number of halogens is 4. The highest BCUT2D eigenvalue weighted by Gasteiger charge is 2.36. The lowest BCUT2D eigenvalue weighted by atomic mass is 9.76. The number of alkyl halides is 4. The number of ether oxygens (including phenoxy) is 1. The number of fused-ring (bicyclic) bond motifs is 1. The number of pyridine rings is 1. The van der Waals surface area contributed by atoms with Crippen molar-refractivity contribution in [3.05, 3.63) is 47.3 Å². The molecule has 208 valence electrons. The highest BCUT2D eigenvalue weighted by atomic mass is 19.4. The van der Waals surface area contributed by atoms with Crippen LogP contribution in [0.2, 0.25) is 0 Å². The predicted molar refractivity (Wildman–Crippen MR) is 135 cm³/mol. The molecule has 1 aliphatic heterocycles. The van der Waals surface area contributed by atoms with E-state index in [1.54, 1.807) is 25.4 Å². The summed E-state index contributed by atoms with van der Waals surface area (Å²) in [6.07, 6.45) is 2.48. The average molecular weight is 537 g/mol. The zero-order valence-corrected chi connectivity index (χ0v) is 21.9. The highest BCUT2D eigenvalue weighted by molar-refractivity contribution is 5.80. The van der Waals surface area contributed by atoms with Crippen LogP contribution < -0.4 is 4.74 Å². The largest absolute Gasteiger partial charge is 0.483 e. The molecule has 1 aliphatic carbocycles. The fourth-order valence-corrected chi connectivity index (χ4v) is 5.31. The van der Waals surface area contributed by atoms with Gasteiger partial charge in [-0.3, -0.25) is 9.78 Å². The van der Waals surface area contributed by atoms with Gasteiger partial charge in [-0.1, -0.05) is 6.07 Å². The van der Waals surface area contributed by atoms with Crippen molar-refractivity contribution in [3.8, 4) is 5.75 Å². The van der Waals surface area contributed by atoms with Crippen LogP contribution in [0.15, 0.2) is 24.5 Å². The molecule has 6 nitrogen and oxygen atoms in total. The molecular formula is C28H36F4N4O2. The minimum Gasteiger partial charge on any atom is -0.483 e. The van der Waals surface area contributed by atoms with Crippen LogP contribution in [-0.2, 0) is 24.1 Å². The van der Waals surface area contributed by atoms with Gasteiger partial charge in [-0.15, -0.1) is 0 Å². The van der Waals surface area contributed by atoms with Crippen LogP contribution in [0.4, 0.5) is 17.6 Å². The number of carbonyl (C=O) groups is 1. The molecule has 1 saturated carbocycles. The minimum absolute atomic E-state index is 0.00115. The Morgan fingerprint density at radius 3 is 2.55 bits per heavy atom. The lowest BCUT2D eigenvalue weighted by Gasteiger charge is -2.35. The summed E-state index contributed by atoms with van der Waals surface area (Å²) >= 11 is 0. The second-order valence-corrected chi connectivity index (χ2v) is 10.7. The van der Waals surface area contributed by atoms with Gasteiger partial charge in [0.05, 0.1) is 12.4 Å². The van der Waals surface area contributed by atoms with Crippen LogP contribution in [0.3, 0.4) is 0 Å². The number of Topliss-reactive ketones (excluding diaryl/α,β-unsaturated/α-hetero) is 1. The van der Waals surface area contributed by atoms with Crippen molar-refractivity contribution in [3.63, 3.8) is 0 Å². The molecule has 1 fully saturated rings. The van der Waals surface area contributed by atoms with Gasteiger partial charge in [0.2, 0.25) is 0 Å². The first kappa shape index (κ1) is 28.4. The molecular weight excluding hydrogens is 500 g/mol. The summed E-state index contributed by atoms with van der Waals surface area (Å²) in [6.45, 7) is 3.90. The van der Waals surface area contributed by atoms with Crippen LogP contribution in [0.1, 0.15) is 67.7 Å². The Kier molecular flexibility index (Phi) is 9.33. The summed E-state index contributed by atoms with van der Waals surface area (Å²) < 4.78 is 58.7. The van der Waals surface area contributed by atoms with Crippen molar-refractivity contribution < 1.29 is 27.1 Å². The van der Waals surface area contributed by atoms with Gasteiger partial charge >= 0.3 is 6.18 Å². The highest BCUT2D eigenvalue weighted by Crippen LogP contribution is 2.39. The smallest absolute Gasteiger partial charge is 0.389 e. The third kappa shape index (κ3) is 8.71. The van der Waals surface area contributed by atoms with Crippen molar-refractivity contribution in [2.45, 2.75) is 83.0 Å². The molecule has 0 saturated heterocycles. The van der Waals surface area contributed by atoms with Crippen LogP contribution in [0.5, 0.6) is 5.75 Å². The molecule has 0 N–H and O–H groups in total. The Labute approximate surface area is 221 Å². The maximum Gasteiger partial charge on any atom is 0.389 e. The number of aryl methyl sites for hydroxylation is 2. The number of nitrogens with zero attached hydrogens (tertiary/aromatic N) is 4. The lowest BCUT2D eigenvalue weighted by Crippen LogP contribution is -2.36. The molecule has 0 aromatic carbocycles. The van der Waals surface area contributed by atoms with Gasteiger partial charge in [0.15, 0.2) is 11.5 Å². The Balaban J connectivity index is 1.17. The van der Waals surface area contributed by atoms with Gasteiger partial charge in [0.1, 0.15) is 18.1 Å². The summed E-state index contributed by atoms with van der Waals surface area (Å²) in [7, 11) is 0. The number of hydrogen-bond donors (Lipinski definition) is 0. The standard InChI is InChI=1S/C28H36F4N4O2/c1-20-33-17-25(18-34-20)38-19-24(37)16-21-4-9-27(29,10-5-21)12-15-36-13-7-22-2-3-23(6-11-28(30,31)32)35-26(22)8-14-36/h2-3,17-18,21H,4-16,19H2,1H3. The molecule has 10 heteroatoms. The van der Waals surface area contributed by atoms with E-state index in [0.717, 1.165) is 30.8 Å². The number of hydrogen-bond acceptors (Lipinski definition) is 6. The first-order valence-electron chi connectivity index (χ1n) is 13.5. The van der Waals surface area contributed by atoms with Crippen LogP contribution in [0, 0.1) is 12.8 Å². The van der Waals surface area contributed by atoms with E-state index in [4.69, 9.17) is 4.74 Å². The molecule has 2 aromatic heterocycles. The fraction of sp³-hybridized carbons (Fsp3) is 0.643.